The molecule has 0 bridgehead atoms. The van der Waals surface area contributed by atoms with E-state index >= 15 is 0 Å². The highest BCUT2D eigenvalue weighted by Gasteiger charge is 2.08. The van der Waals surface area contributed by atoms with Gasteiger partial charge in [-0.2, -0.15) is 9.97 Å². The first-order valence-electron chi connectivity index (χ1n) is 6.00. The number of hydrogen-bond acceptors (Lipinski definition) is 5. The zero-order valence-electron chi connectivity index (χ0n) is 11.1. The van der Waals surface area contributed by atoms with Gasteiger partial charge in [0.05, 0.1) is 20.3 Å². The predicted octanol–water partition coefficient (Wildman–Crippen LogP) is 2.56. The van der Waals surface area contributed by atoms with Gasteiger partial charge in [-0.15, -0.1) is 11.6 Å². The van der Waals surface area contributed by atoms with Crippen molar-refractivity contribution in [3.63, 3.8) is 0 Å². The van der Waals surface area contributed by atoms with Crippen molar-refractivity contribution < 1.29 is 9.47 Å². The van der Waals surface area contributed by atoms with Crippen molar-refractivity contribution in [2.45, 2.75) is 19.8 Å². The molecular formula is C12H20ClN3O2. The molecule has 0 saturated heterocycles. The molecule has 1 aromatic rings. The summed E-state index contributed by atoms with van der Waals surface area (Å²) in [6.45, 7) is 2.94. The Balaban J connectivity index is 2.65. The van der Waals surface area contributed by atoms with E-state index in [4.69, 9.17) is 21.1 Å². The molecule has 5 nitrogen and oxygen atoms in total. The van der Waals surface area contributed by atoms with Gasteiger partial charge in [-0.1, -0.05) is 13.3 Å². The second kappa shape index (κ2) is 7.97. The lowest BCUT2D eigenvalue weighted by molar-refractivity contribution is 0.372. The van der Waals surface area contributed by atoms with Crippen LogP contribution in [0.25, 0.3) is 0 Å². The fraction of sp³-hybridized carbons (Fsp3) is 0.667. The summed E-state index contributed by atoms with van der Waals surface area (Å²) in [5.41, 5.74) is 0. The maximum atomic E-state index is 5.75. The molecule has 0 saturated carbocycles. The number of rotatable bonds is 8. The highest BCUT2D eigenvalue weighted by molar-refractivity contribution is 6.17. The number of nitrogens with zero attached hydrogens (tertiary/aromatic N) is 2. The zero-order chi connectivity index (χ0) is 13.4. The Morgan fingerprint density at radius 3 is 2.33 bits per heavy atom. The number of nitrogens with one attached hydrogen (secondary N) is 1. The van der Waals surface area contributed by atoms with Crippen LogP contribution < -0.4 is 14.8 Å². The van der Waals surface area contributed by atoms with Crippen LogP contribution in [0.4, 0.5) is 5.95 Å². The van der Waals surface area contributed by atoms with Crippen LogP contribution in [0.2, 0.25) is 0 Å². The SMILES string of the molecule is CCC(CCCl)CNc1nc(OC)cc(OC)n1. The monoisotopic (exact) mass is 273 g/mol. The van der Waals surface area contributed by atoms with Gasteiger partial charge in [0, 0.05) is 12.4 Å². The van der Waals surface area contributed by atoms with Gasteiger partial charge in [-0.3, -0.25) is 0 Å². The summed E-state index contributed by atoms with van der Waals surface area (Å²) in [7, 11) is 3.13. The van der Waals surface area contributed by atoms with Crippen LogP contribution in [0.1, 0.15) is 19.8 Å². The van der Waals surface area contributed by atoms with Crippen LogP contribution in [0, 0.1) is 5.92 Å². The van der Waals surface area contributed by atoms with Crippen molar-refractivity contribution in [3.05, 3.63) is 6.07 Å². The van der Waals surface area contributed by atoms with E-state index in [0.29, 0.717) is 29.5 Å². The van der Waals surface area contributed by atoms with Gasteiger partial charge in [-0.05, 0) is 12.3 Å². The lowest BCUT2D eigenvalue weighted by Gasteiger charge is -2.14. The number of ether oxygens (including phenoxy) is 2. The van der Waals surface area contributed by atoms with E-state index in [1.807, 2.05) is 0 Å². The van der Waals surface area contributed by atoms with E-state index in [9.17, 15) is 0 Å². The summed E-state index contributed by atoms with van der Waals surface area (Å²) < 4.78 is 10.2. The van der Waals surface area contributed by atoms with E-state index in [2.05, 4.69) is 22.2 Å². The molecule has 1 heterocycles. The minimum absolute atomic E-state index is 0.481. The van der Waals surface area contributed by atoms with E-state index in [0.717, 1.165) is 19.4 Å². The van der Waals surface area contributed by atoms with Gasteiger partial charge in [-0.25, -0.2) is 0 Å². The molecule has 0 amide bonds. The Labute approximate surface area is 113 Å². The van der Waals surface area contributed by atoms with Crippen molar-refractivity contribution in [1.29, 1.82) is 0 Å². The van der Waals surface area contributed by atoms with Crippen LogP contribution in [0.15, 0.2) is 6.07 Å². The quantitative estimate of drug-likeness (QED) is 0.738. The summed E-state index contributed by atoms with van der Waals surface area (Å²) in [6.07, 6.45) is 2.05. The molecule has 1 N–H and O–H groups in total. The number of alkyl halides is 1. The van der Waals surface area contributed by atoms with Crippen molar-refractivity contribution in [2.24, 2.45) is 5.92 Å². The van der Waals surface area contributed by atoms with Gasteiger partial charge in [0.15, 0.2) is 0 Å². The van der Waals surface area contributed by atoms with E-state index in [1.54, 1.807) is 20.3 Å². The largest absolute Gasteiger partial charge is 0.481 e. The summed E-state index contributed by atoms with van der Waals surface area (Å²) in [4.78, 5) is 8.42. The molecule has 0 aliphatic carbocycles. The Morgan fingerprint density at radius 2 is 1.89 bits per heavy atom. The molecule has 18 heavy (non-hydrogen) atoms. The van der Waals surface area contributed by atoms with Crippen LogP contribution in [0.5, 0.6) is 11.8 Å². The van der Waals surface area contributed by atoms with Crippen LogP contribution in [-0.2, 0) is 0 Å². The highest BCUT2D eigenvalue weighted by Crippen LogP contribution is 2.18. The number of halogens is 1. The normalized spacial score (nSPS) is 12.0. The van der Waals surface area contributed by atoms with Crippen molar-refractivity contribution in [1.82, 2.24) is 9.97 Å². The first-order chi connectivity index (χ1) is 8.73. The zero-order valence-corrected chi connectivity index (χ0v) is 11.8. The Morgan fingerprint density at radius 1 is 1.28 bits per heavy atom. The van der Waals surface area contributed by atoms with Crippen LogP contribution >= 0.6 is 11.6 Å². The molecule has 0 radical (unpaired) electrons. The first kappa shape index (κ1) is 14.8. The maximum Gasteiger partial charge on any atom is 0.229 e. The summed E-state index contributed by atoms with van der Waals surface area (Å²) >= 11 is 5.75. The van der Waals surface area contributed by atoms with Gasteiger partial charge < -0.3 is 14.8 Å². The third-order valence-corrected chi connectivity index (χ3v) is 2.96. The highest BCUT2D eigenvalue weighted by atomic mass is 35.5. The summed E-state index contributed by atoms with van der Waals surface area (Å²) in [5, 5.41) is 3.19. The van der Waals surface area contributed by atoms with E-state index in [1.165, 1.54) is 0 Å². The Kier molecular flexibility index (Phi) is 6.57. The molecule has 6 heteroatoms. The third-order valence-electron chi connectivity index (χ3n) is 2.74. The smallest absolute Gasteiger partial charge is 0.229 e. The second-order valence-corrected chi connectivity index (χ2v) is 4.29. The lowest BCUT2D eigenvalue weighted by Crippen LogP contribution is -2.16. The first-order valence-corrected chi connectivity index (χ1v) is 6.53. The molecule has 1 atom stereocenters. The average molecular weight is 274 g/mol. The molecule has 1 unspecified atom stereocenters. The van der Waals surface area contributed by atoms with Crippen molar-refractivity contribution >= 4 is 17.5 Å². The van der Waals surface area contributed by atoms with Gasteiger partial charge in [0.25, 0.3) is 0 Å². The molecule has 0 fully saturated rings. The topological polar surface area (TPSA) is 56.3 Å². The third kappa shape index (κ3) is 4.56. The second-order valence-electron chi connectivity index (χ2n) is 3.91. The van der Waals surface area contributed by atoms with Crippen molar-refractivity contribution in [3.8, 4) is 11.8 Å². The fourth-order valence-electron chi connectivity index (χ4n) is 1.53. The average Bonchev–Trinajstić information content (AvgIpc) is 2.42. The van der Waals surface area contributed by atoms with E-state index < -0.39 is 0 Å². The molecule has 0 aromatic carbocycles. The minimum Gasteiger partial charge on any atom is -0.481 e. The molecule has 0 aliphatic rings. The van der Waals surface area contributed by atoms with Crippen LogP contribution in [0.3, 0.4) is 0 Å². The summed E-state index contributed by atoms with van der Waals surface area (Å²) in [5.74, 6) is 2.66. The van der Waals surface area contributed by atoms with E-state index in [-0.39, 0.29) is 0 Å². The van der Waals surface area contributed by atoms with Gasteiger partial charge in [0.2, 0.25) is 17.7 Å². The molecule has 0 aliphatic heterocycles. The van der Waals surface area contributed by atoms with Crippen molar-refractivity contribution in [2.75, 3.05) is 32.0 Å². The standard InChI is InChI=1S/C12H20ClN3O2/c1-4-9(5-6-13)8-14-12-15-10(17-2)7-11(16-12)18-3/h7,9H,4-6,8H2,1-3H3,(H,14,15,16). The predicted molar refractivity (Wildman–Crippen MR) is 72.7 cm³/mol. The molecule has 102 valence electrons. The number of aromatic nitrogens is 2. The number of methoxy groups -OCH3 is 2. The molecule has 1 rings (SSSR count). The maximum absolute atomic E-state index is 5.75. The summed E-state index contributed by atoms with van der Waals surface area (Å²) in [6, 6.07) is 1.64. The Hall–Kier alpha value is -1.23. The van der Waals surface area contributed by atoms with Crippen LogP contribution in [-0.4, -0.2) is 36.6 Å². The minimum atomic E-state index is 0.481. The molecule has 0 spiro atoms. The number of hydrogen-bond donors (Lipinski definition) is 1. The Bertz CT molecular complexity index is 341. The molecule has 1 aromatic heterocycles. The fourth-order valence-corrected chi connectivity index (χ4v) is 1.84. The lowest BCUT2D eigenvalue weighted by atomic mass is 10.0. The molecular weight excluding hydrogens is 254 g/mol. The number of anilines is 1. The van der Waals surface area contributed by atoms with Gasteiger partial charge >= 0.3 is 0 Å². The van der Waals surface area contributed by atoms with Gasteiger partial charge in [0.1, 0.15) is 0 Å².